The van der Waals surface area contributed by atoms with Crippen LogP contribution in [0.15, 0.2) is 115 Å². The number of hydrogen-bond acceptors (Lipinski definition) is 0. The fourth-order valence-electron chi connectivity index (χ4n) is 5.27. The Morgan fingerprint density at radius 2 is 1.14 bits per heavy atom. The number of allylic oxidation sites excluding steroid dienone is 4. The third-order valence-corrected chi connectivity index (χ3v) is 8.57. The van der Waals surface area contributed by atoms with E-state index < -0.39 is 0 Å². The molecular formula is C41H44Cl2Zr-2. The van der Waals surface area contributed by atoms with Gasteiger partial charge in [-0.3, -0.25) is 6.08 Å². The summed E-state index contributed by atoms with van der Waals surface area (Å²) in [6.45, 7) is 17.9. The van der Waals surface area contributed by atoms with E-state index in [1.54, 1.807) is 0 Å². The zero-order valence-corrected chi connectivity index (χ0v) is 31.3. The number of rotatable bonds is 2. The number of halogens is 2. The first-order valence-corrected chi connectivity index (χ1v) is 16.4. The minimum absolute atomic E-state index is 0. The molecule has 0 amide bonds. The number of benzene rings is 4. The molecule has 0 saturated carbocycles. The van der Waals surface area contributed by atoms with Crippen LogP contribution >= 0.6 is 0 Å². The van der Waals surface area contributed by atoms with Gasteiger partial charge in [0.2, 0.25) is 0 Å². The summed E-state index contributed by atoms with van der Waals surface area (Å²) in [6.07, 6.45) is 5.66. The van der Waals surface area contributed by atoms with E-state index in [0.29, 0.717) is 5.92 Å². The zero-order chi connectivity index (χ0) is 30.5. The van der Waals surface area contributed by atoms with Crippen molar-refractivity contribution in [2.24, 2.45) is 5.92 Å². The van der Waals surface area contributed by atoms with Crippen molar-refractivity contribution in [3.05, 3.63) is 143 Å². The average Bonchev–Trinajstić information content (AvgIpc) is 3.51. The fourth-order valence-corrected chi connectivity index (χ4v) is 5.74. The second kappa shape index (κ2) is 16.2. The third-order valence-electron chi connectivity index (χ3n) is 7.75. The second-order valence-electron chi connectivity index (χ2n) is 13.3. The van der Waals surface area contributed by atoms with Gasteiger partial charge in [0, 0.05) is 0 Å². The van der Waals surface area contributed by atoms with Gasteiger partial charge in [0.1, 0.15) is 0 Å². The first-order valence-electron chi connectivity index (χ1n) is 14.9. The van der Waals surface area contributed by atoms with Gasteiger partial charge in [-0.2, -0.15) is 11.6 Å². The molecule has 0 nitrogen and oxygen atoms in total. The molecule has 1 unspecified atom stereocenters. The van der Waals surface area contributed by atoms with Crippen molar-refractivity contribution < 1.29 is 49.0 Å². The molecule has 1 aliphatic carbocycles. The summed E-state index contributed by atoms with van der Waals surface area (Å²) in [5.41, 5.74) is 8.46. The molecule has 0 heterocycles. The Morgan fingerprint density at radius 1 is 0.682 bits per heavy atom. The van der Waals surface area contributed by atoms with Crippen molar-refractivity contribution in [1.29, 1.82) is 0 Å². The van der Waals surface area contributed by atoms with Crippen LogP contribution < -0.4 is 24.8 Å². The third kappa shape index (κ3) is 9.78. The molecule has 228 valence electrons. The minimum atomic E-state index is 0. The molecule has 0 radical (unpaired) electrons. The Hall–Kier alpha value is -2.44. The van der Waals surface area contributed by atoms with Gasteiger partial charge in [-0.1, -0.05) is 127 Å². The van der Waals surface area contributed by atoms with Crippen LogP contribution in [0.5, 0.6) is 0 Å². The zero-order valence-electron chi connectivity index (χ0n) is 27.3. The monoisotopic (exact) mass is 696 g/mol. The Labute approximate surface area is 293 Å². The van der Waals surface area contributed by atoms with Gasteiger partial charge in [-0.05, 0) is 10.8 Å². The molecule has 5 aromatic rings. The van der Waals surface area contributed by atoms with E-state index in [4.69, 9.17) is 0 Å². The molecule has 5 aromatic carbocycles. The number of fused-ring (bicyclic) bond motifs is 3. The van der Waals surface area contributed by atoms with E-state index >= 15 is 0 Å². The van der Waals surface area contributed by atoms with Crippen molar-refractivity contribution in [3.8, 4) is 0 Å². The molecule has 3 heteroatoms. The predicted molar refractivity (Wildman–Crippen MR) is 182 cm³/mol. The summed E-state index contributed by atoms with van der Waals surface area (Å²) >= 11 is 1.46. The first-order chi connectivity index (χ1) is 19.9. The maximum absolute atomic E-state index is 3.39. The second-order valence-corrected chi connectivity index (χ2v) is 14.0. The molecule has 0 aromatic heterocycles. The standard InChI is InChI=1S/C21H25.C13H13.C7H6.2ClH.Zr/c1-20(2,3)16-7-9-18-14(12-16)11-15-13-17(21(4,5)6)8-10-19(15)18;1-10-8-11(2)13(9-10)12-6-4-3-5-7-12;1-7-5-3-2-4-6-7;;;/h7-13H,1-6H3;3-7,9-10H,1-2H3;1-6H;2*1H;/q2*-1;;;;+2/p-2. The molecule has 1 atom stereocenters. The predicted octanol–water partition coefficient (Wildman–Crippen LogP) is 5.17. The summed E-state index contributed by atoms with van der Waals surface area (Å²) in [6, 6.07) is 37.0. The van der Waals surface area contributed by atoms with Crippen LogP contribution in [0, 0.1) is 12.0 Å². The summed E-state index contributed by atoms with van der Waals surface area (Å²) in [5, 5.41) is 5.48. The first kappa shape index (κ1) is 37.7. The van der Waals surface area contributed by atoms with Gasteiger partial charge >= 0.3 is 63.8 Å². The topological polar surface area (TPSA) is 0 Å². The molecule has 0 N–H and O–H groups in total. The van der Waals surface area contributed by atoms with Gasteiger partial charge in [-0.15, -0.1) is 45.3 Å². The van der Waals surface area contributed by atoms with Crippen molar-refractivity contribution >= 4 is 30.8 Å². The molecule has 1 aliphatic rings. The van der Waals surface area contributed by atoms with E-state index in [0.717, 1.165) is 0 Å². The van der Waals surface area contributed by atoms with Gasteiger partial charge in [0.15, 0.2) is 0 Å². The quantitative estimate of drug-likeness (QED) is 0.224. The summed E-state index contributed by atoms with van der Waals surface area (Å²) < 4.78 is 2.17. The van der Waals surface area contributed by atoms with Crippen LogP contribution in [0.3, 0.4) is 0 Å². The Bertz CT molecular complexity index is 1640. The van der Waals surface area contributed by atoms with E-state index in [9.17, 15) is 0 Å². The van der Waals surface area contributed by atoms with Gasteiger partial charge < -0.3 is 24.8 Å². The van der Waals surface area contributed by atoms with Crippen molar-refractivity contribution in [2.75, 3.05) is 0 Å². The molecule has 0 spiro atoms. The summed E-state index contributed by atoms with van der Waals surface area (Å²) in [5.74, 6) is 0.468. The van der Waals surface area contributed by atoms with Crippen molar-refractivity contribution in [3.63, 3.8) is 0 Å². The normalized spacial score (nSPS) is 14.2. The molecule has 0 fully saturated rings. The van der Waals surface area contributed by atoms with Gasteiger partial charge in [0.05, 0.1) is 0 Å². The van der Waals surface area contributed by atoms with Crippen LogP contribution in [-0.4, -0.2) is 3.71 Å². The number of hydrogen-bond donors (Lipinski definition) is 0. The van der Waals surface area contributed by atoms with Crippen LogP contribution in [0.1, 0.15) is 77.6 Å². The molecule has 0 bridgehead atoms. The van der Waals surface area contributed by atoms with Gasteiger partial charge in [0.25, 0.3) is 0 Å². The Kier molecular flexibility index (Phi) is 13.9. The SMILES string of the molecule is CC(C)(C)c1ccc2c(c1)[cH-]c1cc(C(C)(C)C)ccc12.CC1=[C-]C(C)C=C1c1ccccc1.[Cl-].[Cl-].[Zr+2]=[CH]c1ccccc1. The van der Waals surface area contributed by atoms with Gasteiger partial charge in [-0.25, -0.2) is 5.57 Å². The summed E-state index contributed by atoms with van der Waals surface area (Å²) in [4.78, 5) is 0. The Balaban J connectivity index is 0.000000251. The molecular weight excluding hydrogens is 655 g/mol. The Morgan fingerprint density at radius 3 is 1.50 bits per heavy atom. The van der Waals surface area contributed by atoms with E-state index in [1.807, 2.05) is 12.1 Å². The molecule has 44 heavy (non-hydrogen) atoms. The van der Waals surface area contributed by atoms with Crippen LogP contribution in [0.4, 0.5) is 0 Å². The van der Waals surface area contributed by atoms with Crippen LogP contribution in [0.25, 0.3) is 27.1 Å². The van der Waals surface area contributed by atoms with Crippen molar-refractivity contribution in [1.82, 2.24) is 0 Å². The van der Waals surface area contributed by atoms with Crippen molar-refractivity contribution in [2.45, 2.75) is 66.2 Å². The molecule has 0 aliphatic heterocycles. The van der Waals surface area contributed by atoms with Crippen LogP contribution in [-0.2, 0) is 35.1 Å². The van der Waals surface area contributed by atoms with E-state index in [1.165, 1.54) is 79.2 Å². The molecule has 6 rings (SSSR count). The van der Waals surface area contributed by atoms with E-state index in [-0.39, 0.29) is 35.6 Å². The average molecular weight is 699 g/mol. The van der Waals surface area contributed by atoms with E-state index in [2.05, 4.69) is 162 Å². The van der Waals surface area contributed by atoms with Crippen LogP contribution in [0.2, 0.25) is 0 Å². The fraction of sp³-hybridized carbons (Fsp3) is 0.268. The summed E-state index contributed by atoms with van der Waals surface area (Å²) in [7, 11) is 0. The maximum atomic E-state index is 3.39. The molecule has 0 saturated heterocycles.